The lowest BCUT2D eigenvalue weighted by Gasteiger charge is -2.28. The second-order valence-corrected chi connectivity index (χ2v) is 8.90. The van der Waals surface area contributed by atoms with Crippen molar-refractivity contribution in [3.8, 4) is 5.75 Å². The molecule has 0 aliphatic heterocycles. The van der Waals surface area contributed by atoms with Crippen LogP contribution in [0.5, 0.6) is 5.75 Å². The zero-order valence-electron chi connectivity index (χ0n) is 15.1. The lowest BCUT2D eigenvalue weighted by molar-refractivity contribution is -0.116. The molecule has 146 valence electrons. The van der Waals surface area contributed by atoms with Gasteiger partial charge in [0.15, 0.2) is 0 Å². The highest BCUT2D eigenvalue weighted by Crippen LogP contribution is 2.27. The van der Waals surface area contributed by atoms with Crippen LogP contribution in [0.1, 0.15) is 13.8 Å². The molecule has 1 amide bonds. The molecule has 0 saturated carbocycles. The Morgan fingerprint density at radius 3 is 2.41 bits per heavy atom. The van der Waals surface area contributed by atoms with Gasteiger partial charge >= 0.3 is 0 Å². The summed E-state index contributed by atoms with van der Waals surface area (Å²) in [5, 5.41) is 3.13. The Hall–Kier alpha value is -1.77. The number of carbonyl (C=O) groups excluding carboxylic acids is 1. The van der Waals surface area contributed by atoms with E-state index in [0.29, 0.717) is 33.2 Å². The van der Waals surface area contributed by atoms with Crippen LogP contribution < -0.4 is 14.4 Å². The summed E-state index contributed by atoms with van der Waals surface area (Å²) < 4.78 is 31.8. The molecule has 0 bridgehead atoms. The molecule has 0 aliphatic rings. The summed E-state index contributed by atoms with van der Waals surface area (Å²) in [5.74, 6) is 0.143. The van der Waals surface area contributed by atoms with Crippen LogP contribution in [0.25, 0.3) is 0 Å². The van der Waals surface area contributed by atoms with Crippen LogP contribution >= 0.6 is 27.5 Å². The van der Waals surface area contributed by atoms with Gasteiger partial charge in [-0.25, -0.2) is 8.42 Å². The Labute approximate surface area is 172 Å². The molecule has 1 atom stereocenters. The number of carbonyl (C=O) groups is 1. The number of rotatable bonds is 7. The van der Waals surface area contributed by atoms with Crippen molar-refractivity contribution < 1.29 is 17.9 Å². The average Bonchev–Trinajstić information content (AvgIpc) is 2.59. The van der Waals surface area contributed by atoms with Gasteiger partial charge in [0, 0.05) is 10.2 Å². The SMILES string of the molecule is CCOc1ccc(N([C@@H](C)C(=O)Nc2ccc(Br)c(Cl)c2)S(C)(=O)=O)cc1. The van der Waals surface area contributed by atoms with Gasteiger partial charge in [0.2, 0.25) is 15.9 Å². The van der Waals surface area contributed by atoms with Crippen LogP contribution in [0.2, 0.25) is 5.02 Å². The molecule has 0 saturated heterocycles. The Morgan fingerprint density at radius 2 is 1.89 bits per heavy atom. The number of anilines is 2. The summed E-state index contributed by atoms with van der Waals surface area (Å²) in [6.45, 7) is 3.88. The summed E-state index contributed by atoms with van der Waals surface area (Å²) in [4.78, 5) is 12.6. The van der Waals surface area contributed by atoms with E-state index in [0.717, 1.165) is 10.6 Å². The van der Waals surface area contributed by atoms with Crippen molar-refractivity contribution in [1.29, 1.82) is 0 Å². The fourth-order valence-corrected chi connectivity index (χ4v) is 4.09. The summed E-state index contributed by atoms with van der Waals surface area (Å²) in [6.07, 6.45) is 1.06. The minimum atomic E-state index is -3.70. The smallest absolute Gasteiger partial charge is 0.247 e. The number of nitrogens with one attached hydrogen (secondary N) is 1. The lowest BCUT2D eigenvalue weighted by Crippen LogP contribution is -2.45. The first-order chi connectivity index (χ1) is 12.6. The van der Waals surface area contributed by atoms with Crippen molar-refractivity contribution in [3.63, 3.8) is 0 Å². The summed E-state index contributed by atoms with van der Waals surface area (Å²) in [6, 6.07) is 10.5. The zero-order valence-corrected chi connectivity index (χ0v) is 18.2. The Bertz CT molecular complexity index is 919. The Balaban J connectivity index is 2.27. The third-order valence-corrected chi connectivity index (χ3v) is 6.15. The second-order valence-electron chi connectivity index (χ2n) is 5.78. The first kappa shape index (κ1) is 21.5. The maximum absolute atomic E-state index is 12.6. The van der Waals surface area contributed by atoms with Gasteiger partial charge in [0.1, 0.15) is 11.8 Å². The number of halogens is 2. The molecule has 9 heteroatoms. The van der Waals surface area contributed by atoms with Gasteiger partial charge in [-0.2, -0.15) is 0 Å². The van der Waals surface area contributed by atoms with Crippen molar-refractivity contribution in [3.05, 3.63) is 52.0 Å². The Kier molecular flexibility index (Phi) is 7.13. The number of benzene rings is 2. The van der Waals surface area contributed by atoms with Gasteiger partial charge in [-0.15, -0.1) is 0 Å². The van der Waals surface area contributed by atoms with Crippen molar-refractivity contribution in [1.82, 2.24) is 0 Å². The summed E-state index contributed by atoms with van der Waals surface area (Å²) in [5.41, 5.74) is 0.845. The first-order valence-corrected chi connectivity index (χ1v) is 11.1. The first-order valence-electron chi connectivity index (χ1n) is 8.11. The molecule has 27 heavy (non-hydrogen) atoms. The van der Waals surface area contributed by atoms with Gasteiger partial charge in [-0.3, -0.25) is 9.10 Å². The number of nitrogens with zero attached hydrogens (tertiary/aromatic N) is 1. The predicted octanol–water partition coefficient (Wildman–Crippen LogP) is 4.29. The second kappa shape index (κ2) is 8.95. The molecular formula is C18H20BrClN2O4S. The molecule has 0 spiro atoms. The van der Waals surface area contributed by atoms with Gasteiger partial charge in [0.25, 0.3) is 0 Å². The fourth-order valence-electron chi connectivity index (χ4n) is 2.49. The number of hydrogen-bond donors (Lipinski definition) is 1. The molecular weight excluding hydrogens is 456 g/mol. The number of amides is 1. The third-order valence-electron chi connectivity index (χ3n) is 3.68. The number of ether oxygens (including phenoxy) is 1. The molecule has 0 fully saturated rings. The maximum Gasteiger partial charge on any atom is 0.247 e. The normalized spacial score (nSPS) is 12.3. The van der Waals surface area contributed by atoms with Crippen molar-refractivity contribution in [2.24, 2.45) is 0 Å². The maximum atomic E-state index is 12.6. The van der Waals surface area contributed by atoms with Crippen LogP contribution in [0.4, 0.5) is 11.4 Å². The molecule has 0 aromatic heterocycles. The Morgan fingerprint density at radius 1 is 1.26 bits per heavy atom. The monoisotopic (exact) mass is 474 g/mol. The van der Waals surface area contributed by atoms with Crippen molar-refractivity contribution in [2.45, 2.75) is 19.9 Å². The van der Waals surface area contributed by atoms with E-state index in [9.17, 15) is 13.2 Å². The van der Waals surface area contributed by atoms with Crippen LogP contribution in [-0.2, 0) is 14.8 Å². The van der Waals surface area contributed by atoms with E-state index in [1.54, 1.807) is 42.5 Å². The van der Waals surface area contributed by atoms with Crippen LogP contribution in [-0.4, -0.2) is 33.2 Å². The molecule has 0 unspecified atom stereocenters. The highest BCUT2D eigenvalue weighted by molar-refractivity contribution is 9.10. The summed E-state index contributed by atoms with van der Waals surface area (Å²) >= 11 is 9.31. The van der Waals surface area contributed by atoms with Crippen molar-refractivity contribution >= 4 is 54.8 Å². The van der Waals surface area contributed by atoms with Crippen LogP contribution in [0, 0.1) is 0 Å². The van der Waals surface area contributed by atoms with E-state index in [2.05, 4.69) is 21.2 Å². The lowest BCUT2D eigenvalue weighted by atomic mass is 10.2. The van der Waals surface area contributed by atoms with E-state index in [1.807, 2.05) is 6.92 Å². The van der Waals surface area contributed by atoms with E-state index >= 15 is 0 Å². The highest BCUT2D eigenvalue weighted by atomic mass is 79.9. The quantitative estimate of drug-likeness (QED) is 0.648. The molecule has 2 aromatic rings. The molecule has 0 heterocycles. The van der Waals surface area contributed by atoms with Gasteiger partial charge < -0.3 is 10.1 Å². The zero-order chi connectivity index (χ0) is 20.2. The van der Waals surface area contributed by atoms with Gasteiger partial charge in [0.05, 0.1) is 23.6 Å². The van der Waals surface area contributed by atoms with Gasteiger partial charge in [-0.05, 0) is 72.2 Å². The average molecular weight is 476 g/mol. The van der Waals surface area contributed by atoms with Gasteiger partial charge in [-0.1, -0.05) is 11.6 Å². The van der Waals surface area contributed by atoms with E-state index in [-0.39, 0.29) is 0 Å². The fraction of sp³-hybridized carbons (Fsp3) is 0.278. The molecule has 6 nitrogen and oxygen atoms in total. The predicted molar refractivity (Wildman–Crippen MR) is 112 cm³/mol. The topological polar surface area (TPSA) is 75.7 Å². The highest BCUT2D eigenvalue weighted by Gasteiger charge is 2.29. The molecule has 0 radical (unpaired) electrons. The van der Waals surface area contributed by atoms with E-state index in [1.165, 1.54) is 6.92 Å². The molecule has 2 rings (SSSR count). The van der Waals surface area contributed by atoms with Crippen LogP contribution in [0.15, 0.2) is 46.9 Å². The minimum absolute atomic E-state index is 0.373. The molecule has 0 aliphatic carbocycles. The van der Waals surface area contributed by atoms with E-state index in [4.69, 9.17) is 16.3 Å². The minimum Gasteiger partial charge on any atom is -0.494 e. The standard InChI is InChI=1S/C18H20BrClN2O4S/c1-4-26-15-8-6-14(7-9-15)22(27(3,24)25)12(2)18(23)21-13-5-10-16(19)17(20)11-13/h5-12H,4H2,1-3H3,(H,21,23)/t12-/m0/s1. The number of sulfonamides is 1. The van der Waals surface area contributed by atoms with Crippen LogP contribution in [0.3, 0.4) is 0 Å². The van der Waals surface area contributed by atoms with E-state index < -0.39 is 22.0 Å². The third kappa shape index (κ3) is 5.60. The molecule has 2 aromatic carbocycles. The summed E-state index contributed by atoms with van der Waals surface area (Å²) in [7, 11) is -3.70. The largest absolute Gasteiger partial charge is 0.494 e. The molecule has 1 N–H and O–H groups in total. The van der Waals surface area contributed by atoms with Crippen molar-refractivity contribution in [2.75, 3.05) is 22.5 Å². The number of hydrogen-bond acceptors (Lipinski definition) is 4.